The summed E-state index contributed by atoms with van der Waals surface area (Å²) in [5.74, 6) is 3.34. The van der Waals surface area contributed by atoms with E-state index in [4.69, 9.17) is 5.10 Å². The van der Waals surface area contributed by atoms with Gasteiger partial charge in [-0.25, -0.2) is 4.98 Å². The topological polar surface area (TPSA) is 75.3 Å². The van der Waals surface area contributed by atoms with Gasteiger partial charge in [-0.05, 0) is 38.3 Å². The van der Waals surface area contributed by atoms with Gasteiger partial charge < -0.3 is 9.80 Å². The number of nitrogens with zero attached hydrogens (tertiary/aromatic N) is 8. The predicted molar refractivity (Wildman–Crippen MR) is 98.6 cm³/mol. The first-order chi connectivity index (χ1) is 12.8. The fourth-order valence-corrected chi connectivity index (χ4v) is 3.68. The molecule has 0 N–H and O–H groups in total. The third-order valence-corrected chi connectivity index (χ3v) is 5.40. The summed E-state index contributed by atoms with van der Waals surface area (Å²) >= 11 is 0. The molecule has 0 amide bonds. The largest absolute Gasteiger partial charge is 0.355 e. The van der Waals surface area contributed by atoms with Crippen LogP contribution in [0.4, 0.5) is 11.6 Å². The van der Waals surface area contributed by atoms with Gasteiger partial charge in [0, 0.05) is 32.1 Å². The minimum absolute atomic E-state index is 0.374. The zero-order valence-electron chi connectivity index (χ0n) is 14.9. The maximum atomic E-state index is 4.80. The fourth-order valence-electron chi connectivity index (χ4n) is 3.68. The summed E-state index contributed by atoms with van der Waals surface area (Å²) in [6, 6.07) is 4.07. The number of fused-ring (bicyclic) bond motifs is 1. The monoisotopic (exact) mass is 350 g/mol. The maximum absolute atomic E-state index is 4.80. The SMILES string of the molecule is Cc1cnc(N2CCC(c3nnc4ccc(N5CCC5)nn34)CC2)cn1. The molecule has 134 valence electrons. The Hall–Kier alpha value is -2.77. The van der Waals surface area contributed by atoms with Crippen molar-refractivity contribution in [2.45, 2.75) is 32.1 Å². The van der Waals surface area contributed by atoms with E-state index in [1.54, 1.807) is 0 Å². The highest BCUT2D eigenvalue weighted by molar-refractivity contribution is 5.47. The van der Waals surface area contributed by atoms with E-state index >= 15 is 0 Å². The van der Waals surface area contributed by atoms with Crippen molar-refractivity contribution >= 4 is 17.3 Å². The van der Waals surface area contributed by atoms with E-state index in [-0.39, 0.29) is 0 Å². The number of rotatable bonds is 3. The van der Waals surface area contributed by atoms with Crippen LogP contribution in [0.1, 0.15) is 36.7 Å². The predicted octanol–water partition coefficient (Wildman–Crippen LogP) is 1.82. The van der Waals surface area contributed by atoms with Crippen molar-refractivity contribution < 1.29 is 0 Å². The average molecular weight is 350 g/mol. The molecule has 5 rings (SSSR count). The van der Waals surface area contributed by atoms with Gasteiger partial charge in [-0.3, -0.25) is 4.98 Å². The van der Waals surface area contributed by atoms with Crippen molar-refractivity contribution in [3.8, 4) is 0 Å². The number of piperidine rings is 1. The number of hydrogen-bond acceptors (Lipinski definition) is 7. The summed E-state index contributed by atoms with van der Waals surface area (Å²) in [6.07, 6.45) is 6.98. The first kappa shape index (κ1) is 15.5. The summed E-state index contributed by atoms with van der Waals surface area (Å²) in [7, 11) is 0. The van der Waals surface area contributed by atoms with Crippen molar-refractivity contribution in [1.29, 1.82) is 0 Å². The highest BCUT2D eigenvalue weighted by atomic mass is 15.4. The van der Waals surface area contributed by atoms with Gasteiger partial charge in [-0.15, -0.1) is 15.3 Å². The van der Waals surface area contributed by atoms with E-state index in [0.717, 1.165) is 67.8 Å². The molecule has 0 aromatic carbocycles. The zero-order chi connectivity index (χ0) is 17.5. The van der Waals surface area contributed by atoms with Crippen LogP contribution in [0.2, 0.25) is 0 Å². The highest BCUT2D eigenvalue weighted by Crippen LogP contribution is 2.29. The Morgan fingerprint density at radius 1 is 0.885 bits per heavy atom. The molecule has 2 aliphatic rings. The van der Waals surface area contributed by atoms with Crippen LogP contribution in [0.25, 0.3) is 5.65 Å². The molecule has 0 spiro atoms. The average Bonchev–Trinajstić information content (AvgIpc) is 3.04. The lowest BCUT2D eigenvalue weighted by atomic mass is 9.96. The third kappa shape index (κ3) is 2.65. The number of aryl methyl sites for hydroxylation is 1. The van der Waals surface area contributed by atoms with Gasteiger partial charge in [0.15, 0.2) is 11.5 Å². The molecule has 0 saturated carbocycles. The van der Waals surface area contributed by atoms with Gasteiger partial charge >= 0.3 is 0 Å². The molecular weight excluding hydrogens is 328 g/mol. The summed E-state index contributed by atoms with van der Waals surface area (Å²) in [5.41, 5.74) is 1.78. The molecule has 0 bridgehead atoms. The Kier molecular flexibility index (Phi) is 3.69. The molecule has 26 heavy (non-hydrogen) atoms. The Labute approximate surface area is 151 Å². The second-order valence-electron chi connectivity index (χ2n) is 7.14. The van der Waals surface area contributed by atoms with Gasteiger partial charge in [0.25, 0.3) is 0 Å². The number of aromatic nitrogens is 6. The van der Waals surface area contributed by atoms with Crippen LogP contribution >= 0.6 is 0 Å². The molecular formula is C18H22N8. The molecule has 8 nitrogen and oxygen atoms in total. The molecule has 8 heteroatoms. The normalized spacial score (nSPS) is 18.3. The van der Waals surface area contributed by atoms with Crippen LogP contribution in [0.5, 0.6) is 0 Å². The highest BCUT2D eigenvalue weighted by Gasteiger charge is 2.26. The molecule has 0 unspecified atom stereocenters. The van der Waals surface area contributed by atoms with Crippen LogP contribution in [0, 0.1) is 6.92 Å². The molecule has 5 heterocycles. The van der Waals surface area contributed by atoms with Crippen molar-refractivity contribution in [2.24, 2.45) is 0 Å². The van der Waals surface area contributed by atoms with Crippen LogP contribution < -0.4 is 9.80 Å². The van der Waals surface area contributed by atoms with Gasteiger partial charge in [0.1, 0.15) is 11.6 Å². The maximum Gasteiger partial charge on any atom is 0.178 e. The molecule has 0 radical (unpaired) electrons. The second-order valence-corrected chi connectivity index (χ2v) is 7.14. The molecule has 0 aliphatic carbocycles. The quantitative estimate of drug-likeness (QED) is 0.713. The molecule has 3 aromatic rings. The minimum atomic E-state index is 0.374. The van der Waals surface area contributed by atoms with E-state index in [0.29, 0.717) is 5.92 Å². The standard InChI is InChI=1S/C18H22N8/c1-13-11-20-17(12-19-13)25-9-5-14(6-10-25)18-22-21-15-3-4-16(23-26(15)18)24-7-2-8-24/h3-4,11-12,14H,2,5-10H2,1H3. The lowest BCUT2D eigenvalue weighted by Gasteiger charge is -2.32. The Morgan fingerprint density at radius 3 is 2.38 bits per heavy atom. The van der Waals surface area contributed by atoms with Crippen LogP contribution in [-0.4, -0.2) is 56.0 Å². The van der Waals surface area contributed by atoms with Crippen molar-refractivity contribution in [2.75, 3.05) is 36.0 Å². The summed E-state index contributed by atoms with van der Waals surface area (Å²) < 4.78 is 1.94. The first-order valence-corrected chi connectivity index (χ1v) is 9.29. The lowest BCUT2D eigenvalue weighted by molar-refractivity contribution is 0.474. The fraction of sp³-hybridized carbons (Fsp3) is 0.500. The molecule has 2 aliphatic heterocycles. The lowest BCUT2D eigenvalue weighted by Crippen LogP contribution is -2.38. The van der Waals surface area contributed by atoms with Crippen molar-refractivity contribution in [1.82, 2.24) is 29.8 Å². The van der Waals surface area contributed by atoms with E-state index < -0.39 is 0 Å². The van der Waals surface area contributed by atoms with Gasteiger partial charge in [-0.2, -0.15) is 4.52 Å². The Balaban J connectivity index is 1.35. The van der Waals surface area contributed by atoms with E-state index in [1.165, 1.54) is 6.42 Å². The number of anilines is 2. The second kappa shape index (κ2) is 6.19. The van der Waals surface area contributed by atoms with Crippen LogP contribution in [0.15, 0.2) is 24.5 Å². The minimum Gasteiger partial charge on any atom is -0.355 e. The summed E-state index contributed by atoms with van der Waals surface area (Å²) in [6.45, 7) is 6.03. The zero-order valence-corrected chi connectivity index (χ0v) is 14.9. The smallest absolute Gasteiger partial charge is 0.178 e. The molecule has 3 aromatic heterocycles. The van der Waals surface area contributed by atoms with E-state index in [9.17, 15) is 0 Å². The Morgan fingerprint density at radius 2 is 1.69 bits per heavy atom. The van der Waals surface area contributed by atoms with Crippen LogP contribution in [-0.2, 0) is 0 Å². The number of hydrogen-bond donors (Lipinski definition) is 0. The third-order valence-electron chi connectivity index (χ3n) is 5.40. The van der Waals surface area contributed by atoms with Crippen molar-refractivity contribution in [3.05, 3.63) is 36.0 Å². The van der Waals surface area contributed by atoms with Gasteiger partial charge in [0.05, 0.1) is 18.1 Å². The summed E-state index contributed by atoms with van der Waals surface area (Å²) in [4.78, 5) is 13.4. The first-order valence-electron chi connectivity index (χ1n) is 9.29. The molecule has 0 atom stereocenters. The van der Waals surface area contributed by atoms with Crippen molar-refractivity contribution in [3.63, 3.8) is 0 Å². The molecule has 2 fully saturated rings. The van der Waals surface area contributed by atoms with E-state index in [2.05, 4.69) is 30.0 Å². The summed E-state index contributed by atoms with van der Waals surface area (Å²) in [5, 5.41) is 13.6. The van der Waals surface area contributed by atoms with Gasteiger partial charge in [0.2, 0.25) is 0 Å². The van der Waals surface area contributed by atoms with Crippen LogP contribution in [0.3, 0.4) is 0 Å². The van der Waals surface area contributed by atoms with Gasteiger partial charge in [-0.1, -0.05) is 0 Å². The molecule has 2 saturated heterocycles. The van der Waals surface area contributed by atoms with E-state index in [1.807, 2.05) is 36.0 Å². The Bertz CT molecular complexity index is 907.